The summed E-state index contributed by atoms with van der Waals surface area (Å²) in [5, 5.41) is 23.2. The normalized spacial score (nSPS) is 13.7. The number of hydrogen-bond acceptors (Lipinski definition) is 6. The van der Waals surface area contributed by atoms with E-state index < -0.39 is 10.8 Å². The summed E-state index contributed by atoms with van der Waals surface area (Å²) < 4.78 is 0. The number of amides is 3. The van der Waals surface area contributed by atoms with Crippen molar-refractivity contribution in [2.75, 3.05) is 36.4 Å². The Morgan fingerprint density at radius 2 is 1.70 bits per heavy atom. The lowest BCUT2D eigenvalue weighted by Crippen LogP contribution is -2.50. The summed E-state index contributed by atoms with van der Waals surface area (Å²) in [4.78, 5) is 38.6. The van der Waals surface area contributed by atoms with E-state index in [2.05, 4.69) is 5.32 Å². The molecule has 0 atom stereocenters. The molecule has 0 aromatic heterocycles. The number of anilines is 2. The van der Waals surface area contributed by atoms with Gasteiger partial charge in [0.15, 0.2) is 0 Å². The van der Waals surface area contributed by atoms with Crippen molar-refractivity contribution in [3.8, 4) is 0 Å². The number of carbonyl (C=O) groups is 2. The molecule has 1 heterocycles. The number of hydrogen-bond donors (Lipinski definition) is 3. The molecule has 2 aromatic rings. The molecule has 3 amide bonds. The van der Waals surface area contributed by atoms with Crippen LogP contribution >= 0.6 is 0 Å². The number of benzene rings is 2. The minimum atomic E-state index is -0.822. The molecular weight excluding hydrogens is 390 g/mol. The van der Waals surface area contributed by atoms with E-state index in [1.54, 1.807) is 4.90 Å². The average Bonchev–Trinajstić information content (AvgIpc) is 2.75. The Balaban J connectivity index is 1.70. The molecule has 3 N–H and O–H groups in total. The van der Waals surface area contributed by atoms with Crippen LogP contribution in [0, 0.1) is 24.0 Å². The standard InChI is InChI=1S/C20H23N5O5/c1-13-4-3-5-14(2)18(13)21-20(27)24-10-8-23(9-11-24)16-7-6-15(19(26)22-28)12-17(16)25(29)30/h3-7,12,28H,8-11H2,1-2H3,(H,21,27)(H,22,26). The predicted octanol–water partition coefficient (Wildman–Crippen LogP) is 2.68. The fourth-order valence-electron chi connectivity index (χ4n) is 3.49. The lowest BCUT2D eigenvalue weighted by molar-refractivity contribution is -0.384. The number of hydroxylamine groups is 1. The van der Waals surface area contributed by atoms with Crippen LogP contribution in [0.5, 0.6) is 0 Å². The Bertz CT molecular complexity index is 965. The highest BCUT2D eigenvalue weighted by Crippen LogP contribution is 2.30. The SMILES string of the molecule is Cc1cccc(C)c1NC(=O)N1CCN(c2ccc(C(=O)NO)cc2[N+](=O)[O-])CC1. The van der Waals surface area contributed by atoms with Gasteiger partial charge in [-0.2, -0.15) is 0 Å². The quantitative estimate of drug-likeness (QED) is 0.402. The molecule has 1 fully saturated rings. The van der Waals surface area contributed by atoms with Crippen molar-refractivity contribution in [1.29, 1.82) is 0 Å². The lowest BCUT2D eigenvalue weighted by Gasteiger charge is -2.36. The van der Waals surface area contributed by atoms with Crippen molar-refractivity contribution < 1.29 is 19.7 Å². The molecule has 10 heteroatoms. The van der Waals surface area contributed by atoms with Gasteiger partial charge in [0.1, 0.15) is 5.69 Å². The minimum Gasteiger partial charge on any atom is -0.362 e. The van der Waals surface area contributed by atoms with Gasteiger partial charge in [0.25, 0.3) is 11.6 Å². The van der Waals surface area contributed by atoms with Crippen molar-refractivity contribution in [2.24, 2.45) is 0 Å². The summed E-state index contributed by atoms with van der Waals surface area (Å²) in [6.45, 7) is 5.47. The number of piperazine rings is 1. The van der Waals surface area contributed by atoms with Crippen LogP contribution in [0.4, 0.5) is 21.9 Å². The molecule has 1 aliphatic heterocycles. The molecule has 0 spiro atoms. The van der Waals surface area contributed by atoms with E-state index in [0.29, 0.717) is 31.9 Å². The van der Waals surface area contributed by atoms with Crippen LogP contribution in [0.3, 0.4) is 0 Å². The maximum atomic E-state index is 12.7. The van der Waals surface area contributed by atoms with Crippen LogP contribution < -0.4 is 15.7 Å². The fourth-order valence-corrected chi connectivity index (χ4v) is 3.49. The summed E-state index contributed by atoms with van der Waals surface area (Å²) in [5.74, 6) is -0.822. The Labute approximate surface area is 173 Å². The molecule has 0 saturated carbocycles. The number of aryl methyl sites for hydroxylation is 2. The minimum absolute atomic E-state index is 0.0143. The van der Waals surface area contributed by atoms with E-state index in [1.165, 1.54) is 17.6 Å². The lowest BCUT2D eigenvalue weighted by atomic mass is 10.1. The Morgan fingerprint density at radius 1 is 1.07 bits per heavy atom. The summed E-state index contributed by atoms with van der Waals surface area (Å²) in [6, 6.07) is 9.60. The average molecular weight is 413 g/mol. The highest BCUT2D eigenvalue weighted by molar-refractivity contribution is 5.95. The first kappa shape index (κ1) is 21.1. The van der Waals surface area contributed by atoms with E-state index >= 15 is 0 Å². The highest BCUT2D eigenvalue weighted by atomic mass is 16.6. The van der Waals surface area contributed by atoms with Crippen LogP contribution in [-0.2, 0) is 0 Å². The number of nitro groups is 1. The van der Waals surface area contributed by atoms with Gasteiger partial charge in [-0.1, -0.05) is 18.2 Å². The maximum absolute atomic E-state index is 12.7. The van der Waals surface area contributed by atoms with Gasteiger partial charge in [0.2, 0.25) is 0 Å². The number of urea groups is 1. The zero-order valence-corrected chi connectivity index (χ0v) is 16.7. The first-order valence-electron chi connectivity index (χ1n) is 9.41. The van der Waals surface area contributed by atoms with Crippen LogP contribution in [0.15, 0.2) is 36.4 Å². The molecule has 0 unspecified atom stereocenters. The Kier molecular flexibility index (Phi) is 6.17. The van der Waals surface area contributed by atoms with Gasteiger partial charge in [0, 0.05) is 43.5 Å². The second kappa shape index (κ2) is 8.78. The maximum Gasteiger partial charge on any atom is 0.321 e. The van der Waals surface area contributed by atoms with Crippen LogP contribution in [-0.4, -0.2) is 53.1 Å². The largest absolute Gasteiger partial charge is 0.362 e. The van der Waals surface area contributed by atoms with Crippen molar-refractivity contribution in [3.05, 3.63) is 63.2 Å². The first-order valence-corrected chi connectivity index (χ1v) is 9.41. The molecule has 158 valence electrons. The second-order valence-corrected chi connectivity index (χ2v) is 7.07. The number of nitrogens with zero attached hydrogens (tertiary/aromatic N) is 3. The van der Waals surface area contributed by atoms with Crippen LogP contribution in [0.25, 0.3) is 0 Å². The third-order valence-electron chi connectivity index (χ3n) is 5.16. The third-order valence-corrected chi connectivity index (χ3v) is 5.16. The Morgan fingerprint density at radius 3 is 2.27 bits per heavy atom. The molecule has 0 aliphatic carbocycles. The third kappa shape index (κ3) is 4.33. The van der Waals surface area contributed by atoms with Crippen LogP contribution in [0.1, 0.15) is 21.5 Å². The molecule has 30 heavy (non-hydrogen) atoms. The molecule has 2 aromatic carbocycles. The van der Waals surface area contributed by atoms with Crippen molar-refractivity contribution in [3.63, 3.8) is 0 Å². The number of nitrogens with one attached hydrogen (secondary N) is 2. The Hall–Kier alpha value is -3.66. The number of rotatable bonds is 4. The predicted molar refractivity (Wildman–Crippen MR) is 111 cm³/mol. The monoisotopic (exact) mass is 413 g/mol. The molecule has 1 saturated heterocycles. The van der Waals surface area contributed by atoms with Crippen LogP contribution in [0.2, 0.25) is 0 Å². The van der Waals surface area contributed by atoms with E-state index in [9.17, 15) is 19.7 Å². The van der Waals surface area contributed by atoms with Gasteiger partial charge < -0.3 is 15.1 Å². The van der Waals surface area contributed by atoms with E-state index in [-0.39, 0.29) is 17.3 Å². The van der Waals surface area contributed by atoms with Crippen molar-refractivity contribution >= 4 is 29.0 Å². The number of nitro benzene ring substituents is 1. The molecule has 0 radical (unpaired) electrons. The summed E-state index contributed by atoms with van der Waals surface area (Å²) in [7, 11) is 0. The van der Waals surface area contributed by atoms with Crippen molar-refractivity contribution in [1.82, 2.24) is 10.4 Å². The molecule has 3 rings (SSSR count). The topological polar surface area (TPSA) is 128 Å². The van der Waals surface area contributed by atoms with Crippen molar-refractivity contribution in [2.45, 2.75) is 13.8 Å². The zero-order chi connectivity index (χ0) is 21.8. The molecule has 0 bridgehead atoms. The zero-order valence-electron chi connectivity index (χ0n) is 16.7. The summed E-state index contributed by atoms with van der Waals surface area (Å²) in [5.41, 5.74) is 4.33. The van der Waals surface area contributed by atoms with E-state index in [1.807, 2.05) is 36.9 Å². The fraction of sp³-hybridized carbons (Fsp3) is 0.300. The molecule has 10 nitrogen and oxygen atoms in total. The van der Waals surface area contributed by atoms with Gasteiger partial charge >= 0.3 is 6.03 Å². The van der Waals surface area contributed by atoms with E-state index in [4.69, 9.17) is 5.21 Å². The van der Waals surface area contributed by atoms with Gasteiger partial charge in [0.05, 0.1) is 4.92 Å². The molecule has 1 aliphatic rings. The van der Waals surface area contributed by atoms with Gasteiger partial charge in [-0.15, -0.1) is 0 Å². The van der Waals surface area contributed by atoms with Gasteiger partial charge in [-0.25, -0.2) is 10.3 Å². The summed E-state index contributed by atoms with van der Waals surface area (Å²) in [6.07, 6.45) is 0. The van der Waals surface area contributed by atoms with Gasteiger partial charge in [-0.3, -0.25) is 20.1 Å². The number of para-hydroxylation sites is 1. The highest BCUT2D eigenvalue weighted by Gasteiger charge is 2.27. The van der Waals surface area contributed by atoms with Gasteiger partial charge in [-0.05, 0) is 37.1 Å². The van der Waals surface area contributed by atoms with E-state index in [0.717, 1.165) is 22.9 Å². The summed E-state index contributed by atoms with van der Waals surface area (Å²) >= 11 is 0. The first-order chi connectivity index (χ1) is 14.3. The second-order valence-electron chi connectivity index (χ2n) is 7.07. The smallest absolute Gasteiger partial charge is 0.321 e. The number of carbonyl (C=O) groups excluding carboxylic acids is 2. The molecular formula is C20H23N5O5.